The van der Waals surface area contributed by atoms with E-state index in [9.17, 15) is 14.4 Å². The van der Waals surface area contributed by atoms with E-state index in [4.69, 9.17) is 5.73 Å². The lowest BCUT2D eigenvalue weighted by Crippen LogP contribution is -2.27. The number of benzene rings is 1. The normalized spacial score (nSPS) is 15.1. The number of carbonyl (C=O) groups is 3. The minimum Gasteiger partial charge on any atom is -0.366 e. The van der Waals surface area contributed by atoms with Crippen LogP contribution in [-0.4, -0.2) is 24.4 Å². The highest BCUT2D eigenvalue weighted by molar-refractivity contribution is 6.12. The molecule has 6 nitrogen and oxygen atoms in total. The summed E-state index contributed by atoms with van der Waals surface area (Å²) in [5.74, 6) is -0.877. The van der Waals surface area contributed by atoms with Crippen LogP contribution in [0.15, 0.2) is 24.3 Å². The van der Waals surface area contributed by atoms with Crippen molar-refractivity contribution >= 4 is 23.5 Å². The van der Waals surface area contributed by atoms with Gasteiger partial charge in [0.25, 0.3) is 0 Å². The molecule has 82 valence electrons. The molecular weight excluding hydrogens is 210 g/mol. The smallest absolute Gasteiger partial charge is 0.329 e. The lowest BCUT2D eigenvalue weighted by molar-refractivity contribution is -0.117. The molecule has 1 heterocycles. The molecule has 0 aliphatic carbocycles. The average Bonchev–Trinajstić information content (AvgIpc) is 2.58. The molecule has 1 aliphatic heterocycles. The van der Waals surface area contributed by atoms with Crippen LogP contribution in [0.5, 0.6) is 0 Å². The minimum absolute atomic E-state index is 0.00521. The van der Waals surface area contributed by atoms with Crippen molar-refractivity contribution in [1.82, 2.24) is 5.32 Å². The van der Waals surface area contributed by atoms with Crippen molar-refractivity contribution in [3.63, 3.8) is 0 Å². The van der Waals surface area contributed by atoms with E-state index >= 15 is 0 Å². The number of amides is 4. The van der Waals surface area contributed by atoms with Crippen LogP contribution in [-0.2, 0) is 4.79 Å². The Morgan fingerprint density at radius 2 is 1.88 bits per heavy atom. The lowest BCUT2D eigenvalue weighted by Gasteiger charge is -2.12. The van der Waals surface area contributed by atoms with Crippen LogP contribution in [0.25, 0.3) is 0 Å². The summed E-state index contributed by atoms with van der Waals surface area (Å²) in [6.45, 7) is -0.00521. The van der Waals surface area contributed by atoms with Gasteiger partial charge in [-0.15, -0.1) is 0 Å². The number of nitrogens with two attached hydrogens (primary N) is 1. The van der Waals surface area contributed by atoms with Crippen molar-refractivity contribution in [2.45, 2.75) is 0 Å². The Balaban J connectivity index is 2.25. The first-order chi connectivity index (χ1) is 7.58. The van der Waals surface area contributed by atoms with E-state index in [2.05, 4.69) is 5.32 Å². The number of nitrogens with zero attached hydrogens (tertiary/aromatic N) is 1. The standard InChI is InChI=1S/C10H9N3O3/c11-9(15)6-1-3-7(4-2-6)13-5-8(14)12-10(13)16/h1-4H,5H2,(H2,11,15)(H,12,14,16). The Kier molecular flexibility index (Phi) is 2.32. The van der Waals surface area contributed by atoms with Crippen molar-refractivity contribution in [3.8, 4) is 0 Å². The van der Waals surface area contributed by atoms with E-state index in [0.717, 1.165) is 0 Å². The molecular formula is C10H9N3O3. The number of hydrogen-bond donors (Lipinski definition) is 2. The van der Waals surface area contributed by atoms with Gasteiger partial charge >= 0.3 is 6.03 Å². The summed E-state index contributed by atoms with van der Waals surface area (Å²) in [5.41, 5.74) is 5.99. The number of carbonyl (C=O) groups excluding carboxylic acids is 3. The zero-order valence-electron chi connectivity index (χ0n) is 8.27. The van der Waals surface area contributed by atoms with Crippen LogP contribution in [0.3, 0.4) is 0 Å². The summed E-state index contributed by atoms with van der Waals surface area (Å²) in [4.78, 5) is 34.4. The molecule has 1 fully saturated rings. The van der Waals surface area contributed by atoms with Gasteiger partial charge in [0.1, 0.15) is 6.54 Å². The van der Waals surface area contributed by atoms with Crippen LogP contribution in [0, 0.1) is 0 Å². The molecule has 2 rings (SSSR count). The Labute approximate surface area is 91.0 Å². The molecule has 0 radical (unpaired) electrons. The second kappa shape index (κ2) is 3.65. The Bertz CT molecular complexity index is 467. The fraction of sp³-hybridized carbons (Fsp3) is 0.100. The Morgan fingerprint density at radius 3 is 2.31 bits per heavy atom. The first kappa shape index (κ1) is 10.2. The molecule has 0 bridgehead atoms. The first-order valence-electron chi connectivity index (χ1n) is 4.59. The zero-order valence-corrected chi connectivity index (χ0v) is 8.27. The third-order valence-electron chi connectivity index (χ3n) is 2.26. The highest BCUT2D eigenvalue weighted by atomic mass is 16.2. The van der Waals surface area contributed by atoms with E-state index < -0.39 is 11.9 Å². The van der Waals surface area contributed by atoms with Gasteiger partial charge in [0.2, 0.25) is 11.8 Å². The van der Waals surface area contributed by atoms with Crippen LogP contribution in [0.2, 0.25) is 0 Å². The quantitative estimate of drug-likeness (QED) is 0.677. The molecule has 0 unspecified atom stereocenters. The van der Waals surface area contributed by atoms with Gasteiger partial charge in [-0.3, -0.25) is 19.8 Å². The van der Waals surface area contributed by atoms with Crippen molar-refractivity contribution in [2.24, 2.45) is 5.73 Å². The second-order valence-electron chi connectivity index (χ2n) is 3.35. The fourth-order valence-corrected chi connectivity index (χ4v) is 1.46. The maximum Gasteiger partial charge on any atom is 0.329 e. The molecule has 0 aromatic heterocycles. The van der Waals surface area contributed by atoms with Crippen molar-refractivity contribution in [1.29, 1.82) is 0 Å². The number of anilines is 1. The molecule has 16 heavy (non-hydrogen) atoms. The summed E-state index contributed by atoms with van der Waals surface area (Å²) in [5, 5.41) is 2.16. The molecule has 1 aromatic carbocycles. The highest BCUT2D eigenvalue weighted by Crippen LogP contribution is 2.17. The highest BCUT2D eigenvalue weighted by Gasteiger charge is 2.27. The van der Waals surface area contributed by atoms with Crippen molar-refractivity contribution in [3.05, 3.63) is 29.8 Å². The van der Waals surface area contributed by atoms with Crippen molar-refractivity contribution < 1.29 is 14.4 Å². The van der Waals surface area contributed by atoms with Gasteiger partial charge < -0.3 is 5.73 Å². The maximum absolute atomic E-state index is 11.3. The van der Waals surface area contributed by atoms with Gasteiger partial charge in [-0.05, 0) is 24.3 Å². The SMILES string of the molecule is NC(=O)c1ccc(N2CC(=O)NC2=O)cc1. The maximum atomic E-state index is 11.3. The van der Waals surface area contributed by atoms with Crippen LogP contribution < -0.4 is 16.0 Å². The van der Waals surface area contributed by atoms with Gasteiger partial charge in [0.15, 0.2) is 0 Å². The number of rotatable bonds is 2. The monoisotopic (exact) mass is 219 g/mol. The number of urea groups is 1. The predicted molar refractivity (Wildman–Crippen MR) is 55.8 cm³/mol. The molecule has 0 saturated carbocycles. The molecule has 1 aromatic rings. The van der Waals surface area contributed by atoms with Gasteiger partial charge in [0.05, 0.1) is 0 Å². The van der Waals surface area contributed by atoms with Crippen molar-refractivity contribution in [2.75, 3.05) is 11.4 Å². The van der Waals surface area contributed by atoms with Gasteiger partial charge in [-0.2, -0.15) is 0 Å². The number of hydrogen-bond acceptors (Lipinski definition) is 3. The molecule has 4 amide bonds. The van der Waals surface area contributed by atoms with Gasteiger partial charge in [-0.25, -0.2) is 4.79 Å². The van der Waals surface area contributed by atoms with Gasteiger partial charge in [-0.1, -0.05) is 0 Å². The van der Waals surface area contributed by atoms with E-state index in [-0.39, 0.29) is 12.5 Å². The topological polar surface area (TPSA) is 92.5 Å². The molecule has 0 spiro atoms. The molecule has 6 heteroatoms. The van der Waals surface area contributed by atoms with Crippen LogP contribution in [0.1, 0.15) is 10.4 Å². The lowest BCUT2D eigenvalue weighted by atomic mass is 10.2. The molecule has 1 saturated heterocycles. The summed E-state index contributed by atoms with van der Waals surface area (Å²) in [6, 6.07) is 5.69. The number of imide groups is 1. The number of nitrogens with one attached hydrogen (secondary N) is 1. The van der Waals surface area contributed by atoms with Gasteiger partial charge in [0, 0.05) is 11.3 Å². The Morgan fingerprint density at radius 1 is 1.25 bits per heavy atom. The third-order valence-corrected chi connectivity index (χ3v) is 2.26. The molecule has 1 aliphatic rings. The summed E-state index contributed by atoms with van der Waals surface area (Å²) < 4.78 is 0. The first-order valence-corrected chi connectivity index (χ1v) is 4.59. The summed E-state index contributed by atoms with van der Waals surface area (Å²) in [6.07, 6.45) is 0. The summed E-state index contributed by atoms with van der Waals surface area (Å²) in [7, 11) is 0. The fourth-order valence-electron chi connectivity index (χ4n) is 1.46. The molecule has 0 atom stereocenters. The predicted octanol–water partition coefficient (Wildman–Crippen LogP) is -0.158. The van der Waals surface area contributed by atoms with E-state index in [1.165, 1.54) is 17.0 Å². The van der Waals surface area contributed by atoms with E-state index in [1.807, 2.05) is 0 Å². The average molecular weight is 219 g/mol. The van der Waals surface area contributed by atoms with Crippen LogP contribution >= 0.6 is 0 Å². The zero-order chi connectivity index (χ0) is 11.7. The van der Waals surface area contributed by atoms with E-state index in [1.54, 1.807) is 12.1 Å². The largest absolute Gasteiger partial charge is 0.366 e. The Hall–Kier alpha value is -2.37. The third kappa shape index (κ3) is 1.72. The summed E-state index contributed by atoms with van der Waals surface area (Å²) >= 11 is 0. The van der Waals surface area contributed by atoms with Crippen LogP contribution in [0.4, 0.5) is 10.5 Å². The van der Waals surface area contributed by atoms with E-state index in [0.29, 0.717) is 11.3 Å². The minimum atomic E-state index is -0.534. The second-order valence-corrected chi connectivity index (χ2v) is 3.35. The number of primary amides is 1. The molecule has 3 N–H and O–H groups in total.